The lowest BCUT2D eigenvalue weighted by Crippen LogP contribution is -1.93. The second-order valence-corrected chi connectivity index (χ2v) is 2.98. The van der Waals surface area contributed by atoms with Crippen molar-refractivity contribution >= 4 is 23.0 Å². The van der Waals surface area contributed by atoms with Crippen molar-refractivity contribution in [3.63, 3.8) is 0 Å². The van der Waals surface area contributed by atoms with E-state index in [1.165, 1.54) is 6.92 Å². The fourth-order valence-electron chi connectivity index (χ4n) is 0.879. The quantitative estimate of drug-likeness (QED) is 0.640. The molecule has 0 aliphatic heterocycles. The van der Waals surface area contributed by atoms with Gasteiger partial charge in [-0.25, -0.2) is 0 Å². The Morgan fingerprint density at radius 1 is 1.50 bits per heavy atom. The Balaban J connectivity index is 3.04. The molecule has 0 atom stereocenters. The summed E-state index contributed by atoms with van der Waals surface area (Å²) in [6.45, 7) is 5.15. The van der Waals surface area contributed by atoms with E-state index >= 15 is 0 Å². The Morgan fingerprint density at radius 2 is 2.17 bits per heavy atom. The largest absolute Gasteiger partial charge is 0.295 e. The molecule has 0 aromatic heterocycles. The Bertz CT molecular complexity index is 328. The number of carbonyl (C=O) groups is 1. The monoisotopic (exact) mass is 180 g/mol. The molecule has 12 heavy (non-hydrogen) atoms. The molecule has 0 bridgehead atoms. The van der Waals surface area contributed by atoms with E-state index in [4.69, 9.17) is 11.6 Å². The highest BCUT2D eigenvalue weighted by atomic mass is 35.5. The topological polar surface area (TPSA) is 17.1 Å². The number of Topliss-reactive ketones (excluding diaryl/α,β-unsaturated/α-hetero) is 1. The molecule has 0 unspecified atom stereocenters. The van der Waals surface area contributed by atoms with Crippen LogP contribution >= 0.6 is 11.6 Å². The summed E-state index contributed by atoms with van der Waals surface area (Å²) in [5, 5.41) is 0.620. The third-order valence-corrected chi connectivity index (χ3v) is 1.83. The molecule has 1 nitrogen and oxygen atoms in total. The lowest BCUT2D eigenvalue weighted by molar-refractivity contribution is -0.111. The highest BCUT2D eigenvalue weighted by molar-refractivity contribution is 6.31. The third-order valence-electron chi connectivity index (χ3n) is 1.60. The van der Waals surface area contributed by atoms with Crippen molar-refractivity contribution < 1.29 is 4.79 Å². The molecule has 0 aliphatic rings. The number of halogens is 1. The van der Waals surface area contributed by atoms with Crippen molar-refractivity contribution in [1.29, 1.82) is 0 Å². The number of hydrogen-bond acceptors (Lipinski definition) is 1. The summed E-state index contributed by atoms with van der Waals surface area (Å²) in [4.78, 5) is 10.9. The van der Waals surface area contributed by atoms with Crippen LogP contribution in [0.2, 0.25) is 5.02 Å². The molecule has 1 rings (SSSR count). The maximum absolute atomic E-state index is 10.9. The first-order valence-corrected chi connectivity index (χ1v) is 3.95. The van der Waals surface area contributed by atoms with Crippen molar-refractivity contribution in [3.05, 3.63) is 41.4 Å². The van der Waals surface area contributed by atoms with Crippen molar-refractivity contribution in [2.75, 3.05) is 0 Å². The average molecular weight is 181 g/mol. The van der Waals surface area contributed by atoms with Gasteiger partial charge in [0.1, 0.15) is 0 Å². The maximum atomic E-state index is 10.9. The van der Waals surface area contributed by atoms with Gasteiger partial charge in [-0.15, -0.1) is 0 Å². The van der Waals surface area contributed by atoms with Crippen LogP contribution in [0, 0.1) is 0 Å². The molecule has 0 aliphatic carbocycles. The Kier molecular flexibility index (Phi) is 2.66. The van der Waals surface area contributed by atoms with Crippen molar-refractivity contribution in [1.82, 2.24) is 0 Å². The van der Waals surface area contributed by atoms with E-state index in [-0.39, 0.29) is 5.78 Å². The highest BCUT2D eigenvalue weighted by Gasteiger charge is 2.03. The molecule has 1 aromatic rings. The summed E-state index contributed by atoms with van der Waals surface area (Å²) in [6.07, 6.45) is 0. The maximum Gasteiger partial charge on any atom is 0.159 e. The van der Waals surface area contributed by atoms with Gasteiger partial charge in [0.25, 0.3) is 0 Å². The number of hydrogen-bond donors (Lipinski definition) is 0. The van der Waals surface area contributed by atoms with Gasteiger partial charge in [-0.05, 0) is 24.6 Å². The summed E-state index contributed by atoms with van der Waals surface area (Å²) in [7, 11) is 0. The fourth-order valence-corrected chi connectivity index (χ4v) is 1.07. The Morgan fingerprint density at radius 3 is 2.67 bits per heavy atom. The molecule has 0 radical (unpaired) electrons. The van der Waals surface area contributed by atoms with Crippen molar-refractivity contribution in [2.24, 2.45) is 0 Å². The second-order valence-electron chi connectivity index (χ2n) is 2.55. The van der Waals surface area contributed by atoms with Gasteiger partial charge < -0.3 is 0 Å². The fraction of sp³-hybridized carbons (Fsp3) is 0.100. The molecule has 0 spiro atoms. The molecular formula is C10H9ClO. The third kappa shape index (κ3) is 1.95. The number of ketones is 1. The van der Waals surface area contributed by atoms with Gasteiger partial charge in [0.2, 0.25) is 0 Å². The van der Waals surface area contributed by atoms with Crippen LogP contribution < -0.4 is 0 Å². The van der Waals surface area contributed by atoms with Gasteiger partial charge in [-0.1, -0.05) is 30.3 Å². The lowest BCUT2D eigenvalue weighted by Gasteiger charge is -2.00. The zero-order valence-electron chi connectivity index (χ0n) is 6.80. The molecule has 0 heterocycles. The van der Waals surface area contributed by atoms with Crippen LogP contribution in [0.15, 0.2) is 30.8 Å². The molecule has 62 valence electrons. The van der Waals surface area contributed by atoms with Gasteiger partial charge >= 0.3 is 0 Å². The van der Waals surface area contributed by atoms with Crippen LogP contribution in [0.5, 0.6) is 0 Å². The Hall–Kier alpha value is -1.08. The van der Waals surface area contributed by atoms with Crippen LogP contribution in [-0.4, -0.2) is 5.78 Å². The first-order chi connectivity index (χ1) is 5.61. The van der Waals surface area contributed by atoms with Crippen molar-refractivity contribution in [3.8, 4) is 0 Å². The van der Waals surface area contributed by atoms with Crippen LogP contribution in [0.25, 0.3) is 5.57 Å². The predicted molar refractivity (Wildman–Crippen MR) is 51.2 cm³/mol. The zero-order chi connectivity index (χ0) is 9.14. The van der Waals surface area contributed by atoms with E-state index in [1.54, 1.807) is 18.2 Å². The second kappa shape index (κ2) is 3.55. The van der Waals surface area contributed by atoms with Crippen LogP contribution in [0.3, 0.4) is 0 Å². The summed E-state index contributed by atoms with van der Waals surface area (Å²) in [5.41, 5.74) is 1.28. The van der Waals surface area contributed by atoms with Gasteiger partial charge in [0.05, 0.1) is 0 Å². The summed E-state index contributed by atoms with van der Waals surface area (Å²) >= 11 is 5.74. The number of rotatable bonds is 2. The van der Waals surface area contributed by atoms with E-state index < -0.39 is 0 Å². The van der Waals surface area contributed by atoms with Gasteiger partial charge in [-0.2, -0.15) is 0 Å². The molecule has 0 saturated heterocycles. The molecule has 1 aromatic carbocycles. The number of benzene rings is 1. The standard InChI is InChI=1S/C10H9ClO/c1-7(8(2)12)9-4-3-5-10(11)6-9/h3-6H,1H2,2H3. The van der Waals surface area contributed by atoms with E-state index in [1.807, 2.05) is 6.07 Å². The van der Waals surface area contributed by atoms with Crippen LogP contribution in [0.1, 0.15) is 12.5 Å². The normalized spacial score (nSPS) is 9.50. The van der Waals surface area contributed by atoms with E-state index in [0.717, 1.165) is 5.56 Å². The molecule has 0 saturated carbocycles. The minimum Gasteiger partial charge on any atom is -0.295 e. The first kappa shape index (κ1) is 9.01. The average Bonchev–Trinajstić information content (AvgIpc) is 2.03. The SMILES string of the molecule is C=C(C(C)=O)c1cccc(Cl)c1. The Labute approximate surface area is 76.7 Å². The molecular weight excluding hydrogens is 172 g/mol. The van der Waals surface area contributed by atoms with Crippen LogP contribution in [0.4, 0.5) is 0 Å². The minimum atomic E-state index is -0.0303. The van der Waals surface area contributed by atoms with Crippen molar-refractivity contribution in [2.45, 2.75) is 6.92 Å². The van der Waals surface area contributed by atoms with Gasteiger partial charge in [0, 0.05) is 10.6 Å². The van der Waals surface area contributed by atoms with Gasteiger partial charge in [0.15, 0.2) is 5.78 Å². The summed E-state index contributed by atoms with van der Waals surface area (Å²) in [5.74, 6) is -0.0303. The molecule has 0 N–H and O–H groups in total. The predicted octanol–water partition coefficient (Wildman–Crippen LogP) is 2.94. The minimum absolute atomic E-state index is 0.0303. The zero-order valence-corrected chi connectivity index (χ0v) is 7.56. The molecule has 0 amide bonds. The summed E-state index contributed by atoms with van der Waals surface area (Å²) < 4.78 is 0. The number of carbonyl (C=O) groups excluding carboxylic acids is 1. The molecule has 0 fully saturated rings. The van der Waals surface area contributed by atoms with E-state index in [0.29, 0.717) is 10.6 Å². The van der Waals surface area contributed by atoms with Crippen LogP contribution in [-0.2, 0) is 4.79 Å². The summed E-state index contributed by atoms with van der Waals surface area (Å²) in [6, 6.07) is 7.10. The molecule has 2 heteroatoms. The van der Waals surface area contributed by atoms with E-state index in [9.17, 15) is 4.79 Å². The van der Waals surface area contributed by atoms with Gasteiger partial charge in [-0.3, -0.25) is 4.79 Å². The lowest BCUT2D eigenvalue weighted by atomic mass is 10.1. The van der Waals surface area contributed by atoms with E-state index in [2.05, 4.69) is 6.58 Å². The highest BCUT2D eigenvalue weighted by Crippen LogP contribution is 2.17. The first-order valence-electron chi connectivity index (χ1n) is 3.57. The number of allylic oxidation sites excluding steroid dienone is 1. The smallest absolute Gasteiger partial charge is 0.159 e.